The van der Waals surface area contributed by atoms with Crippen LogP contribution in [0, 0.1) is 11.8 Å². The van der Waals surface area contributed by atoms with E-state index in [1.165, 1.54) is 23.0 Å². The van der Waals surface area contributed by atoms with Crippen LogP contribution in [0.5, 0.6) is 0 Å². The molecule has 7 nitrogen and oxygen atoms in total. The molecule has 2 aliphatic rings. The molecule has 9 heteroatoms. The van der Waals surface area contributed by atoms with Crippen LogP contribution >= 0.6 is 11.8 Å². The van der Waals surface area contributed by atoms with E-state index in [-0.39, 0.29) is 53.1 Å². The third kappa shape index (κ3) is 3.13. The van der Waals surface area contributed by atoms with Crippen molar-refractivity contribution in [2.45, 2.75) is 31.0 Å². The molecule has 1 saturated heterocycles. The third-order valence-electron chi connectivity index (χ3n) is 4.44. The standard InChI is InChI=1S/C15H17N3O4S.Na/c1-7-9(5-23-10-3-4-16-6-17-10)13(15(21)22)18-12(7)11(8(2)19)14(18)20;/h3-4,6-8,11-12,19H,5H2,1-2H3,(H,21,22);/q;+1/p-1/t7-,8+,11?,12?;/m0./s1. The van der Waals surface area contributed by atoms with E-state index in [4.69, 9.17) is 0 Å². The van der Waals surface area contributed by atoms with Crippen molar-refractivity contribution >= 4 is 23.6 Å². The maximum absolute atomic E-state index is 12.2. The van der Waals surface area contributed by atoms with Crippen molar-refractivity contribution in [2.24, 2.45) is 11.8 Å². The Labute approximate surface area is 165 Å². The summed E-state index contributed by atoms with van der Waals surface area (Å²) in [7, 11) is 0. The number of carboxylic acids is 1. The Hall–Kier alpha value is -0.930. The first-order chi connectivity index (χ1) is 10.9. The Bertz CT molecular complexity index is 683. The van der Waals surface area contributed by atoms with Gasteiger partial charge in [-0.3, -0.25) is 4.79 Å². The molecule has 0 aliphatic carbocycles. The van der Waals surface area contributed by atoms with Crippen LogP contribution in [0.2, 0.25) is 0 Å². The first kappa shape index (κ1) is 19.4. The molecule has 1 N–H and O–H groups in total. The molecule has 0 radical (unpaired) electrons. The number of rotatable bonds is 5. The predicted octanol–water partition coefficient (Wildman–Crippen LogP) is -3.57. The number of aliphatic hydroxyl groups excluding tert-OH is 1. The summed E-state index contributed by atoms with van der Waals surface area (Å²) in [6.45, 7) is 3.43. The summed E-state index contributed by atoms with van der Waals surface area (Å²) < 4.78 is 0. The summed E-state index contributed by atoms with van der Waals surface area (Å²) in [6.07, 6.45) is 2.24. The molecule has 0 bridgehead atoms. The molecule has 1 aromatic rings. The molecule has 0 spiro atoms. The number of aliphatic carboxylic acids is 1. The zero-order valence-corrected chi connectivity index (χ0v) is 16.5. The maximum Gasteiger partial charge on any atom is 1.00 e. The van der Waals surface area contributed by atoms with Crippen molar-refractivity contribution in [1.29, 1.82) is 0 Å². The molecule has 0 aromatic carbocycles. The van der Waals surface area contributed by atoms with Crippen molar-refractivity contribution in [2.75, 3.05) is 5.75 Å². The van der Waals surface area contributed by atoms with Gasteiger partial charge in [-0.2, -0.15) is 0 Å². The van der Waals surface area contributed by atoms with Crippen LogP contribution in [-0.4, -0.2) is 49.7 Å². The smallest absolute Gasteiger partial charge is 0.543 e. The second kappa shape index (κ2) is 7.53. The number of amides is 1. The van der Waals surface area contributed by atoms with E-state index in [9.17, 15) is 19.8 Å². The molecular weight excluding hydrogens is 341 g/mol. The number of β-lactam (4-membered cyclic amide) rings is 1. The van der Waals surface area contributed by atoms with Gasteiger partial charge in [-0.1, -0.05) is 6.92 Å². The van der Waals surface area contributed by atoms with E-state index in [1.54, 1.807) is 19.2 Å². The zero-order valence-electron chi connectivity index (χ0n) is 13.7. The molecule has 1 amide bonds. The van der Waals surface area contributed by atoms with E-state index in [1.807, 2.05) is 6.92 Å². The van der Waals surface area contributed by atoms with Crippen LogP contribution in [-0.2, 0) is 9.59 Å². The molecule has 1 fully saturated rings. The van der Waals surface area contributed by atoms with Gasteiger partial charge in [0.1, 0.15) is 6.33 Å². The topological polar surface area (TPSA) is 106 Å². The summed E-state index contributed by atoms with van der Waals surface area (Å²) in [6, 6.07) is 1.43. The first-order valence-corrected chi connectivity index (χ1v) is 8.26. The van der Waals surface area contributed by atoms with Gasteiger partial charge in [0, 0.05) is 17.9 Å². The Morgan fingerprint density at radius 2 is 2.25 bits per heavy atom. The van der Waals surface area contributed by atoms with Gasteiger partial charge in [0.2, 0.25) is 5.91 Å². The van der Waals surface area contributed by atoms with E-state index in [0.717, 1.165) is 5.03 Å². The van der Waals surface area contributed by atoms with Gasteiger partial charge in [-0.05, 0) is 18.6 Å². The molecule has 0 saturated carbocycles. The fourth-order valence-electron chi connectivity index (χ4n) is 3.34. The van der Waals surface area contributed by atoms with Crippen molar-refractivity contribution in [1.82, 2.24) is 14.9 Å². The van der Waals surface area contributed by atoms with Gasteiger partial charge in [0.15, 0.2) is 0 Å². The Morgan fingerprint density at radius 1 is 1.54 bits per heavy atom. The number of nitrogens with zero attached hydrogens (tertiary/aromatic N) is 3. The second-order valence-corrected chi connectivity index (χ2v) is 6.75. The van der Waals surface area contributed by atoms with Crippen LogP contribution < -0.4 is 34.7 Å². The number of carboxylic acid groups (broad SMARTS) is 1. The number of thioether (sulfide) groups is 1. The van der Waals surface area contributed by atoms with Gasteiger partial charge in [-0.15, -0.1) is 11.8 Å². The number of hydrogen-bond acceptors (Lipinski definition) is 7. The molecule has 2 unspecified atom stereocenters. The van der Waals surface area contributed by atoms with Gasteiger partial charge in [0.05, 0.1) is 34.8 Å². The summed E-state index contributed by atoms with van der Waals surface area (Å²) >= 11 is 1.38. The van der Waals surface area contributed by atoms with Crippen molar-refractivity contribution in [3.63, 3.8) is 0 Å². The Kier molecular flexibility index (Phi) is 6.09. The van der Waals surface area contributed by atoms with E-state index in [2.05, 4.69) is 9.97 Å². The third-order valence-corrected chi connectivity index (χ3v) is 5.43. The minimum atomic E-state index is -1.35. The molecule has 3 heterocycles. The largest absolute Gasteiger partial charge is 1.00 e. The molecular formula is C15H16N3NaO4S. The Morgan fingerprint density at radius 3 is 2.79 bits per heavy atom. The van der Waals surface area contributed by atoms with Gasteiger partial charge in [0.25, 0.3) is 0 Å². The minimum absolute atomic E-state index is 0. The van der Waals surface area contributed by atoms with E-state index in [0.29, 0.717) is 11.3 Å². The average molecular weight is 357 g/mol. The number of aliphatic hydroxyl groups is 1. The summed E-state index contributed by atoms with van der Waals surface area (Å²) in [4.78, 5) is 32.9. The van der Waals surface area contributed by atoms with Gasteiger partial charge in [-0.25, -0.2) is 9.97 Å². The molecule has 3 rings (SSSR count). The molecule has 2 aliphatic heterocycles. The quantitative estimate of drug-likeness (QED) is 0.251. The van der Waals surface area contributed by atoms with E-state index >= 15 is 0 Å². The number of carbonyl (C=O) groups is 2. The summed E-state index contributed by atoms with van der Waals surface area (Å²) in [5.41, 5.74) is 0.598. The number of aromatic nitrogens is 2. The zero-order chi connectivity index (χ0) is 16.7. The van der Waals surface area contributed by atoms with Crippen LogP contribution in [0.3, 0.4) is 0 Å². The molecule has 4 atom stereocenters. The second-order valence-electron chi connectivity index (χ2n) is 5.75. The molecule has 24 heavy (non-hydrogen) atoms. The minimum Gasteiger partial charge on any atom is -0.543 e. The van der Waals surface area contributed by atoms with Gasteiger partial charge < -0.3 is 19.9 Å². The van der Waals surface area contributed by atoms with Crippen LogP contribution in [0.1, 0.15) is 13.8 Å². The monoisotopic (exact) mass is 357 g/mol. The fourth-order valence-corrected chi connectivity index (χ4v) is 4.32. The van der Waals surface area contributed by atoms with Crippen LogP contribution in [0.4, 0.5) is 0 Å². The van der Waals surface area contributed by atoms with Gasteiger partial charge >= 0.3 is 29.6 Å². The number of hydrogen-bond donors (Lipinski definition) is 1. The summed E-state index contributed by atoms with van der Waals surface area (Å²) in [5, 5.41) is 22.0. The predicted molar refractivity (Wildman–Crippen MR) is 79.8 cm³/mol. The number of carbonyl (C=O) groups excluding carboxylic acids is 2. The first-order valence-electron chi connectivity index (χ1n) is 7.27. The average Bonchev–Trinajstić information content (AvgIpc) is 2.75. The van der Waals surface area contributed by atoms with Crippen LogP contribution in [0.15, 0.2) is 34.9 Å². The van der Waals surface area contributed by atoms with E-state index < -0.39 is 18.0 Å². The SMILES string of the molecule is C[C@@H](O)C1C(=O)N2C(C(=O)[O-])=C(CSc3ccncn3)[C@H](C)C12.[Na+]. The Balaban J connectivity index is 0.00000208. The normalized spacial score (nSPS) is 26.5. The number of fused-ring (bicyclic) bond motifs is 1. The van der Waals surface area contributed by atoms with Crippen molar-refractivity contribution in [3.8, 4) is 0 Å². The molecule has 122 valence electrons. The fraction of sp³-hybridized carbons (Fsp3) is 0.467. The van der Waals surface area contributed by atoms with Crippen molar-refractivity contribution < 1.29 is 49.4 Å². The van der Waals surface area contributed by atoms with Crippen LogP contribution in [0.25, 0.3) is 0 Å². The molecule has 1 aromatic heterocycles. The van der Waals surface area contributed by atoms with Crippen molar-refractivity contribution in [3.05, 3.63) is 29.9 Å². The summed E-state index contributed by atoms with van der Waals surface area (Å²) in [5.74, 6) is -2.00. The maximum atomic E-state index is 12.2.